The Morgan fingerprint density at radius 2 is 1.85 bits per heavy atom. The first-order chi connectivity index (χ1) is 16.4. The van der Waals surface area contributed by atoms with Gasteiger partial charge in [0.15, 0.2) is 17.6 Å². The highest BCUT2D eigenvalue weighted by molar-refractivity contribution is 7.09. The number of thiazole rings is 1. The van der Waals surface area contributed by atoms with Crippen molar-refractivity contribution in [3.63, 3.8) is 0 Å². The van der Waals surface area contributed by atoms with Gasteiger partial charge in [-0.3, -0.25) is 9.69 Å². The summed E-state index contributed by atoms with van der Waals surface area (Å²) in [5, 5.41) is 12.3. The third kappa shape index (κ3) is 3.75. The molecular formula is C25H25N3O5S. The van der Waals surface area contributed by atoms with Crippen LogP contribution in [0.25, 0.3) is 0 Å². The molecular weight excluding hydrogens is 454 g/mol. The molecule has 1 aromatic heterocycles. The zero-order valence-electron chi connectivity index (χ0n) is 19.1. The lowest BCUT2D eigenvalue weighted by molar-refractivity contribution is 0.0903. The number of carboxylic acid groups (broad SMARTS) is 1. The van der Waals surface area contributed by atoms with Crippen molar-refractivity contribution in [2.24, 2.45) is 0 Å². The number of aromatic nitrogens is 1. The number of carbonyl (C=O) groups is 2. The Morgan fingerprint density at radius 1 is 1.15 bits per heavy atom. The number of amides is 2. The summed E-state index contributed by atoms with van der Waals surface area (Å²) >= 11 is 1.35. The van der Waals surface area contributed by atoms with Gasteiger partial charge in [-0.2, -0.15) is 0 Å². The largest absolute Gasteiger partial charge is 0.485 e. The summed E-state index contributed by atoms with van der Waals surface area (Å²) in [5.74, 6) is 1.08. The third-order valence-electron chi connectivity index (χ3n) is 6.35. The maximum absolute atomic E-state index is 13.6. The minimum atomic E-state index is -1.02. The number of carbonyl (C=O) groups excluding carboxylic acids is 1. The van der Waals surface area contributed by atoms with Crippen molar-refractivity contribution in [3.8, 4) is 11.5 Å². The van der Waals surface area contributed by atoms with Gasteiger partial charge in [-0.25, -0.2) is 9.78 Å². The van der Waals surface area contributed by atoms with Crippen molar-refractivity contribution < 1.29 is 24.2 Å². The lowest BCUT2D eigenvalue weighted by atomic mass is 10.00. The molecule has 176 valence electrons. The number of hydrogen-bond acceptors (Lipinski definition) is 6. The second-order valence-electron chi connectivity index (χ2n) is 8.49. The quantitative estimate of drug-likeness (QED) is 0.555. The first-order valence-corrected chi connectivity index (χ1v) is 12.0. The third-order valence-corrected chi connectivity index (χ3v) is 7.28. The van der Waals surface area contributed by atoms with Crippen molar-refractivity contribution in [1.29, 1.82) is 0 Å². The van der Waals surface area contributed by atoms with E-state index in [1.807, 2.05) is 57.2 Å². The Balaban J connectivity index is 1.46. The smallest absolute Gasteiger partial charge is 0.412 e. The Labute approximate surface area is 201 Å². The van der Waals surface area contributed by atoms with E-state index in [-0.39, 0.29) is 18.5 Å². The highest BCUT2D eigenvalue weighted by Crippen LogP contribution is 2.40. The van der Waals surface area contributed by atoms with E-state index in [1.54, 1.807) is 10.3 Å². The fourth-order valence-corrected chi connectivity index (χ4v) is 5.16. The number of aryl methyl sites for hydroxylation is 2. The molecule has 34 heavy (non-hydrogen) atoms. The Bertz CT molecular complexity index is 1270. The predicted molar refractivity (Wildman–Crippen MR) is 130 cm³/mol. The van der Waals surface area contributed by atoms with E-state index in [1.165, 1.54) is 16.2 Å². The average Bonchev–Trinajstić information content (AvgIpc) is 3.33. The summed E-state index contributed by atoms with van der Waals surface area (Å²) in [7, 11) is 0. The molecule has 0 saturated carbocycles. The minimum Gasteiger partial charge on any atom is -0.485 e. The summed E-state index contributed by atoms with van der Waals surface area (Å²) in [6.45, 7) is 6.40. The fourth-order valence-electron chi connectivity index (χ4n) is 4.36. The molecule has 2 unspecified atom stereocenters. The van der Waals surface area contributed by atoms with Gasteiger partial charge in [0.25, 0.3) is 5.91 Å². The molecule has 0 spiro atoms. The average molecular weight is 480 g/mol. The van der Waals surface area contributed by atoms with Crippen LogP contribution in [0.5, 0.6) is 11.5 Å². The van der Waals surface area contributed by atoms with E-state index in [2.05, 4.69) is 4.98 Å². The molecule has 2 aromatic carbocycles. The van der Waals surface area contributed by atoms with Crippen molar-refractivity contribution in [2.45, 2.75) is 39.3 Å². The van der Waals surface area contributed by atoms with Crippen LogP contribution in [0.2, 0.25) is 0 Å². The molecule has 2 aliphatic heterocycles. The topological polar surface area (TPSA) is 92.2 Å². The molecule has 2 atom stereocenters. The number of nitrogens with zero attached hydrogens (tertiary/aromatic N) is 3. The zero-order chi connectivity index (χ0) is 24.0. The van der Waals surface area contributed by atoms with E-state index < -0.39 is 12.2 Å². The molecule has 3 aromatic rings. The van der Waals surface area contributed by atoms with Crippen LogP contribution in [0.3, 0.4) is 0 Å². The fraction of sp³-hybridized carbons (Fsp3) is 0.320. The lowest BCUT2D eigenvalue weighted by Gasteiger charge is -2.41. The van der Waals surface area contributed by atoms with Crippen molar-refractivity contribution >= 4 is 34.7 Å². The predicted octanol–water partition coefficient (Wildman–Crippen LogP) is 5.20. The molecule has 0 aliphatic carbocycles. The van der Waals surface area contributed by atoms with Gasteiger partial charge in [-0.05, 0) is 55.7 Å². The minimum absolute atomic E-state index is 0.257. The molecule has 0 fully saturated rings. The van der Waals surface area contributed by atoms with Gasteiger partial charge in [-0.1, -0.05) is 19.1 Å². The molecule has 9 heteroatoms. The van der Waals surface area contributed by atoms with Gasteiger partial charge in [-0.15, -0.1) is 11.3 Å². The normalized spacial score (nSPS) is 19.0. The highest BCUT2D eigenvalue weighted by Gasteiger charge is 2.38. The van der Waals surface area contributed by atoms with Crippen molar-refractivity contribution in [3.05, 3.63) is 63.6 Å². The number of ether oxygens (including phenoxy) is 2. The van der Waals surface area contributed by atoms with Crippen LogP contribution in [0.1, 0.15) is 46.1 Å². The second-order valence-corrected chi connectivity index (χ2v) is 9.38. The van der Waals surface area contributed by atoms with Crippen LogP contribution >= 0.6 is 11.3 Å². The molecule has 8 nitrogen and oxygen atoms in total. The molecule has 1 N–H and O–H groups in total. The number of rotatable bonds is 3. The van der Waals surface area contributed by atoms with Crippen LogP contribution in [0.15, 0.2) is 41.8 Å². The van der Waals surface area contributed by atoms with Gasteiger partial charge < -0.3 is 19.5 Å². The summed E-state index contributed by atoms with van der Waals surface area (Å²) in [5.41, 5.74) is 3.38. The summed E-state index contributed by atoms with van der Waals surface area (Å²) in [6, 6.07) is 10.8. The maximum Gasteiger partial charge on any atom is 0.412 e. The van der Waals surface area contributed by atoms with E-state index in [0.29, 0.717) is 46.6 Å². The van der Waals surface area contributed by atoms with E-state index in [9.17, 15) is 14.7 Å². The van der Waals surface area contributed by atoms with Gasteiger partial charge >= 0.3 is 6.09 Å². The van der Waals surface area contributed by atoms with Gasteiger partial charge in [0, 0.05) is 11.9 Å². The standard InChI is InChI=1S/C25H25N3O5S/c1-4-16-11-27(18-9-14(2)15(3)10-19(18)28(16)25(30)31)24(29)17-13-34-23(26-17)22-12-32-20-7-5-6-8-21(20)33-22/h5-10,13,16,22H,4,11-12H2,1-3H3,(H,30,31). The summed E-state index contributed by atoms with van der Waals surface area (Å²) in [6.07, 6.45) is -0.836. The molecule has 0 bridgehead atoms. The van der Waals surface area contributed by atoms with Gasteiger partial charge in [0.1, 0.15) is 17.3 Å². The summed E-state index contributed by atoms with van der Waals surface area (Å²) in [4.78, 5) is 33.3. The van der Waals surface area contributed by atoms with E-state index in [4.69, 9.17) is 9.47 Å². The first kappa shape index (κ1) is 22.2. The van der Waals surface area contributed by atoms with E-state index in [0.717, 1.165) is 11.1 Å². The molecule has 5 rings (SSSR count). The molecule has 2 aliphatic rings. The Morgan fingerprint density at radius 3 is 2.56 bits per heavy atom. The van der Waals surface area contributed by atoms with Gasteiger partial charge in [0.2, 0.25) is 0 Å². The number of para-hydroxylation sites is 2. The van der Waals surface area contributed by atoms with Crippen molar-refractivity contribution in [1.82, 2.24) is 4.98 Å². The van der Waals surface area contributed by atoms with Gasteiger partial charge in [0.05, 0.1) is 17.4 Å². The van der Waals surface area contributed by atoms with Crippen LogP contribution in [0.4, 0.5) is 16.2 Å². The zero-order valence-corrected chi connectivity index (χ0v) is 20.0. The van der Waals surface area contributed by atoms with Crippen LogP contribution in [0, 0.1) is 13.8 Å². The summed E-state index contributed by atoms with van der Waals surface area (Å²) < 4.78 is 11.8. The van der Waals surface area contributed by atoms with Crippen molar-refractivity contribution in [2.75, 3.05) is 23.0 Å². The second kappa shape index (κ2) is 8.64. The van der Waals surface area contributed by atoms with Crippen LogP contribution in [-0.4, -0.2) is 41.3 Å². The Kier molecular flexibility index (Phi) is 5.65. The van der Waals surface area contributed by atoms with Crippen LogP contribution < -0.4 is 19.3 Å². The number of fused-ring (bicyclic) bond motifs is 2. The lowest BCUT2D eigenvalue weighted by Crippen LogP contribution is -2.52. The number of benzene rings is 2. The SMILES string of the molecule is CCC1CN(C(=O)c2csc(C3COc4ccccc4O3)n2)c2cc(C)c(C)cc2N1C(=O)O. The first-order valence-electron chi connectivity index (χ1n) is 11.2. The molecule has 0 saturated heterocycles. The van der Waals surface area contributed by atoms with Crippen LogP contribution in [-0.2, 0) is 0 Å². The maximum atomic E-state index is 13.6. The monoisotopic (exact) mass is 479 g/mol. The molecule has 2 amide bonds. The highest BCUT2D eigenvalue weighted by atomic mass is 32.1. The number of anilines is 2. The molecule has 0 radical (unpaired) electrons. The Hall–Kier alpha value is -3.59. The molecule has 3 heterocycles. The van der Waals surface area contributed by atoms with E-state index >= 15 is 0 Å². The number of hydrogen-bond donors (Lipinski definition) is 1.